The van der Waals surface area contributed by atoms with E-state index in [1.165, 1.54) is 0 Å². The maximum atomic E-state index is 12.2. The minimum atomic E-state index is -0.745. The summed E-state index contributed by atoms with van der Waals surface area (Å²) in [6, 6.07) is 7.81. The van der Waals surface area contributed by atoms with E-state index in [9.17, 15) is 9.59 Å². The van der Waals surface area contributed by atoms with Gasteiger partial charge < -0.3 is 14.7 Å². The second kappa shape index (κ2) is 8.82. The Labute approximate surface area is 141 Å². The number of hydrogen-bond acceptors (Lipinski definition) is 4. The number of ether oxygens (including phenoxy) is 1. The van der Waals surface area contributed by atoms with Crippen molar-refractivity contribution in [3.05, 3.63) is 24.3 Å². The summed E-state index contributed by atoms with van der Waals surface area (Å²) >= 11 is 1.66. The summed E-state index contributed by atoms with van der Waals surface area (Å²) in [5.74, 6) is 1.21. The Morgan fingerprint density at radius 3 is 2.48 bits per heavy atom. The van der Waals surface area contributed by atoms with Crippen molar-refractivity contribution in [3.8, 4) is 5.75 Å². The third-order valence-electron chi connectivity index (χ3n) is 4.07. The molecule has 1 aromatic rings. The van der Waals surface area contributed by atoms with E-state index in [1.807, 2.05) is 29.2 Å². The van der Waals surface area contributed by atoms with Gasteiger partial charge in [-0.15, -0.1) is 11.8 Å². The van der Waals surface area contributed by atoms with E-state index in [0.717, 1.165) is 29.2 Å². The number of carboxylic acids is 1. The molecule has 0 aromatic heterocycles. The van der Waals surface area contributed by atoms with Crippen molar-refractivity contribution < 1.29 is 19.4 Å². The van der Waals surface area contributed by atoms with Gasteiger partial charge in [0.25, 0.3) is 0 Å². The van der Waals surface area contributed by atoms with Gasteiger partial charge >= 0.3 is 5.97 Å². The first-order valence-electron chi connectivity index (χ1n) is 7.85. The van der Waals surface area contributed by atoms with Gasteiger partial charge in [0.1, 0.15) is 5.75 Å². The molecule has 5 nitrogen and oxygen atoms in total. The first-order valence-corrected chi connectivity index (χ1v) is 8.83. The number of amides is 1. The van der Waals surface area contributed by atoms with Crippen molar-refractivity contribution in [2.24, 2.45) is 5.92 Å². The zero-order chi connectivity index (χ0) is 16.7. The van der Waals surface area contributed by atoms with Gasteiger partial charge in [-0.2, -0.15) is 0 Å². The van der Waals surface area contributed by atoms with Gasteiger partial charge in [-0.1, -0.05) is 0 Å². The van der Waals surface area contributed by atoms with Crippen LogP contribution in [-0.4, -0.2) is 47.8 Å². The minimum absolute atomic E-state index is 0.166. The van der Waals surface area contributed by atoms with Crippen LogP contribution in [0.15, 0.2) is 29.2 Å². The number of likely N-dealkylation sites (tertiary alicyclic amines) is 1. The molecule has 1 heterocycles. The molecule has 1 amide bonds. The smallest absolute Gasteiger partial charge is 0.303 e. The first-order chi connectivity index (χ1) is 11.1. The van der Waals surface area contributed by atoms with Crippen molar-refractivity contribution in [3.63, 3.8) is 0 Å². The molecule has 126 valence electrons. The summed E-state index contributed by atoms with van der Waals surface area (Å²) in [5.41, 5.74) is 0. The average Bonchev–Trinajstić information content (AvgIpc) is 2.55. The molecule has 1 saturated heterocycles. The maximum absolute atomic E-state index is 12.2. The minimum Gasteiger partial charge on any atom is -0.497 e. The van der Waals surface area contributed by atoms with Crippen LogP contribution in [0.4, 0.5) is 0 Å². The lowest BCUT2D eigenvalue weighted by molar-refractivity contribution is -0.138. The SMILES string of the molecule is COc1ccc(SCCC(=O)N2CCC(CC(=O)O)CC2)cc1. The van der Waals surface area contributed by atoms with E-state index in [1.54, 1.807) is 18.9 Å². The third kappa shape index (κ3) is 5.78. The Morgan fingerprint density at radius 2 is 1.91 bits per heavy atom. The predicted molar refractivity (Wildman–Crippen MR) is 89.9 cm³/mol. The molecular formula is C17H23NO4S. The lowest BCUT2D eigenvalue weighted by Crippen LogP contribution is -2.39. The molecule has 1 aliphatic heterocycles. The standard InChI is InChI=1S/C17H23NO4S/c1-22-14-2-4-15(5-3-14)23-11-8-16(19)18-9-6-13(7-10-18)12-17(20)21/h2-5,13H,6-12H2,1H3,(H,20,21). The number of rotatable bonds is 7. The molecule has 1 fully saturated rings. The summed E-state index contributed by atoms with van der Waals surface area (Å²) in [7, 11) is 1.64. The number of hydrogen-bond donors (Lipinski definition) is 1. The molecule has 23 heavy (non-hydrogen) atoms. The lowest BCUT2D eigenvalue weighted by atomic mass is 9.93. The van der Waals surface area contributed by atoms with Crippen molar-refractivity contribution in [2.75, 3.05) is 26.0 Å². The number of thioether (sulfide) groups is 1. The Bertz CT molecular complexity index is 524. The van der Waals surface area contributed by atoms with Crippen LogP contribution in [-0.2, 0) is 9.59 Å². The molecule has 0 spiro atoms. The zero-order valence-corrected chi connectivity index (χ0v) is 14.2. The summed E-state index contributed by atoms with van der Waals surface area (Å²) in [5, 5.41) is 8.81. The quantitative estimate of drug-likeness (QED) is 0.775. The highest BCUT2D eigenvalue weighted by Gasteiger charge is 2.23. The van der Waals surface area contributed by atoms with Crippen LogP contribution in [0.5, 0.6) is 5.75 Å². The summed E-state index contributed by atoms with van der Waals surface area (Å²) < 4.78 is 5.12. The second-order valence-corrected chi connectivity index (χ2v) is 6.86. The molecule has 6 heteroatoms. The maximum Gasteiger partial charge on any atom is 0.303 e. The molecule has 0 saturated carbocycles. The van der Waals surface area contributed by atoms with E-state index in [4.69, 9.17) is 9.84 Å². The number of carboxylic acid groups (broad SMARTS) is 1. The topological polar surface area (TPSA) is 66.8 Å². The van der Waals surface area contributed by atoms with Crippen LogP contribution in [0.1, 0.15) is 25.7 Å². The molecule has 0 unspecified atom stereocenters. The summed E-state index contributed by atoms with van der Waals surface area (Å²) in [6.07, 6.45) is 2.32. The Balaban J connectivity index is 1.68. The molecule has 0 radical (unpaired) electrons. The van der Waals surface area contributed by atoms with Gasteiger partial charge in [-0.25, -0.2) is 0 Å². The van der Waals surface area contributed by atoms with E-state index in [2.05, 4.69) is 0 Å². The highest BCUT2D eigenvalue weighted by Crippen LogP contribution is 2.24. The number of carbonyl (C=O) groups excluding carboxylic acids is 1. The molecule has 1 aliphatic rings. The number of benzene rings is 1. The van der Waals surface area contributed by atoms with Crippen LogP contribution >= 0.6 is 11.8 Å². The van der Waals surface area contributed by atoms with Gasteiger partial charge in [0.05, 0.1) is 7.11 Å². The van der Waals surface area contributed by atoms with Crippen LogP contribution in [0, 0.1) is 5.92 Å². The third-order valence-corrected chi connectivity index (χ3v) is 5.09. The first kappa shape index (κ1) is 17.7. The molecule has 1 aromatic carbocycles. The molecule has 2 rings (SSSR count). The fourth-order valence-corrected chi connectivity index (χ4v) is 3.56. The highest BCUT2D eigenvalue weighted by molar-refractivity contribution is 7.99. The van der Waals surface area contributed by atoms with Crippen molar-refractivity contribution in [1.82, 2.24) is 4.90 Å². The summed E-state index contributed by atoms with van der Waals surface area (Å²) in [4.78, 5) is 25.9. The van der Waals surface area contributed by atoms with Crippen LogP contribution in [0.3, 0.4) is 0 Å². The molecule has 1 N–H and O–H groups in total. The Kier molecular flexibility index (Phi) is 6.77. The average molecular weight is 337 g/mol. The number of methoxy groups -OCH3 is 1. The number of nitrogens with zero attached hydrogens (tertiary/aromatic N) is 1. The molecule has 0 atom stereocenters. The highest BCUT2D eigenvalue weighted by atomic mass is 32.2. The van der Waals surface area contributed by atoms with Crippen LogP contribution < -0.4 is 4.74 Å². The van der Waals surface area contributed by atoms with Crippen LogP contribution in [0.25, 0.3) is 0 Å². The number of aliphatic carboxylic acids is 1. The van der Waals surface area contributed by atoms with Crippen molar-refractivity contribution in [2.45, 2.75) is 30.6 Å². The fraction of sp³-hybridized carbons (Fsp3) is 0.529. The van der Waals surface area contributed by atoms with E-state index < -0.39 is 5.97 Å². The Morgan fingerprint density at radius 1 is 1.26 bits per heavy atom. The van der Waals surface area contributed by atoms with Gasteiger partial charge in [0, 0.05) is 36.6 Å². The summed E-state index contributed by atoms with van der Waals surface area (Å²) in [6.45, 7) is 1.37. The van der Waals surface area contributed by atoms with Crippen LogP contribution in [0.2, 0.25) is 0 Å². The molecule has 0 aliphatic carbocycles. The number of piperidine rings is 1. The van der Waals surface area contributed by atoms with Gasteiger partial charge in [0.15, 0.2) is 0 Å². The predicted octanol–water partition coefficient (Wildman–Crippen LogP) is 2.89. The largest absolute Gasteiger partial charge is 0.497 e. The second-order valence-electron chi connectivity index (χ2n) is 5.70. The van der Waals surface area contributed by atoms with E-state index in [-0.39, 0.29) is 18.2 Å². The van der Waals surface area contributed by atoms with E-state index >= 15 is 0 Å². The zero-order valence-electron chi connectivity index (χ0n) is 13.4. The van der Waals surface area contributed by atoms with Gasteiger partial charge in [0.2, 0.25) is 5.91 Å². The van der Waals surface area contributed by atoms with Crippen molar-refractivity contribution >= 4 is 23.6 Å². The fourth-order valence-electron chi connectivity index (χ4n) is 2.72. The lowest BCUT2D eigenvalue weighted by Gasteiger charge is -2.31. The van der Waals surface area contributed by atoms with E-state index in [0.29, 0.717) is 19.5 Å². The normalized spacial score (nSPS) is 15.4. The molecular weight excluding hydrogens is 314 g/mol. The van der Waals surface area contributed by atoms with Crippen molar-refractivity contribution in [1.29, 1.82) is 0 Å². The number of carbonyl (C=O) groups is 2. The monoisotopic (exact) mass is 337 g/mol. The van der Waals surface area contributed by atoms with Gasteiger partial charge in [-0.3, -0.25) is 9.59 Å². The molecule has 0 bridgehead atoms. The van der Waals surface area contributed by atoms with Gasteiger partial charge in [-0.05, 0) is 43.0 Å². The Hall–Kier alpha value is -1.69.